The molecule has 4 bridgehead atoms. The minimum absolute atomic E-state index is 1.01. The van der Waals surface area contributed by atoms with Crippen LogP contribution in [0.2, 0.25) is 0 Å². The number of fused-ring (bicyclic) bond motifs is 2. The number of allylic oxidation sites excluding steroid dienone is 2. The Hall–Kier alpha value is -0.260. The van der Waals surface area contributed by atoms with E-state index in [0.717, 1.165) is 41.4 Å². The van der Waals surface area contributed by atoms with Gasteiger partial charge in [-0.15, -0.1) is 0 Å². The summed E-state index contributed by atoms with van der Waals surface area (Å²) in [5, 5.41) is 0. The van der Waals surface area contributed by atoms with Crippen LogP contribution in [0, 0.1) is 47.3 Å². The van der Waals surface area contributed by atoms with E-state index in [1.165, 1.54) is 18.8 Å². The van der Waals surface area contributed by atoms with E-state index in [9.17, 15) is 0 Å². The smallest absolute Gasteiger partial charge is 0.0194 e. The van der Waals surface area contributed by atoms with Gasteiger partial charge in [-0.05, 0) is 66.6 Å². The van der Waals surface area contributed by atoms with Crippen molar-refractivity contribution in [3.63, 3.8) is 0 Å². The quantitative estimate of drug-likeness (QED) is 0.587. The van der Waals surface area contributed by atoms with Crippen molar-refractivity contribution in [3.8, 4) is 0 Å². The molecule has 5 saturated carbocycles. The van der Waals surface area contributed by atoms with Gasteiger partial charge in [-0.25, -0.2) is 0 Å². The van der Waals surface area contributed by atoms with Crippen molar-refractivity contribution in [3.05, 3.63) is 12.2 Å². The maximum atomic E-state index is 2.60. The predicted octanol–water partition coefficient (Wildman–Crippen LogP) is 4.66. The Balaban J connectivity index is 1.40. The van der Waals surface area contributed by atoms with Crippen molar-refractivity contribution in [1.82, 2.24) is 0 Å². The van der Waals surface area contributed by atoms with Gasteiger partial charge >= 0.3 is 0 Å². The van der Waals surface area contributed by atoms with Gasteiger partial charge in [-0.2, -0.15) is 0 Å². The Bertz CT molecular complexity index is 375. The lowest BCUT2D eigenvalue weighted by atomic mass is 9.44. The van der Waals surface area contributed by atoms with Crippen LogP contribution >= 0.6 is 0 Å². The first-order valence-electron chi connectivity index (χ1n) is 8.60. The third kappa shape index (κ3) is 1.23. The van der Waals surface area contributed by atoms with Crippen molar-refractivity contribution in [2.24, 2.45) is 47.3 Å². The van der Waals surface area contributed by atoms with E-state index in [2.05, 4.69) is 12.2 Å². The Morgan fingerprint density at radius 3 is 2.28 bits per heavy atom. The summed E-state index contributed by atoms with van der Waals surface area (Å²) in [6.45, 7) is 0. The first-order chi connectivity index (χ1) is 8.92. The summed E-state index contributed by atoms with van der Waals surface area (Å²) in [6.07, 6.45) is 17.7. The molecule has 98 valence electrons. The molecule has 0 aromatic heterocycles. The van der Waals surface area contributed by atoms with Crippen LogP contribution in [0.1, 0.15) is 51.4 Å². The molecule has 6 rings (SSSR count). The number of hydrogen-bond donors (Lipinski definition) is 0. The van der Waals surface area contributed by atoms with Crippen molar-refractivity contribution in [1.29, 1.82) is 0 Å². The van der Waals surface area contributed by atoms with Gasteiger partial charge < -0.3 is 0 Å². The minimum atomic E-state index is 1.01. The fourth-order valence-corrected chi connectivity index (χ4v) is 7.02. The largest absolute Gasteiger partial charge is 0.0848 e. The predicted molar refractivity (Wildman–Crippen MR) is 74.0 cm³/mol. The third-order valence-electron chi connectivity index (χ3n) is 7.57. The molecule has 7 unspecified atom stereocenters. The average molecular weight is 242 g/mol. The summed E-state index contributed by atoms with van der Waals surface area (Å²) in [6, 6.07) is 0. The lowest BCUT2D eigenvalue weighted by Gasteiger charge is -2.60. The van der Waals surface area contributed by atoms with Gasteiger partial charge in [0, 0.05) is 0 Å². The van der Waals surface area contributed by atoms with Crippen molar-refractivity contribution in [2.45, 2.75) is 51.4 Å². The lowest BCUT2D eigenvalue weighted by molar-refractivity contribution is -0.111. The summed E-state index contributed by atoms with van der Waals surface area (Å²) in [7, 11) is 0. The molecule has 0 radical (unpaired) electrons. The van der Waals surface area contributed by atoms with Gasteiger partial charge in [-0.1, -0.05) is 44.3 Å². The first kappa shape index (κ1) is 10.5. The van der Waals surface area contributed by atoms with Crippen LogP contribution in [0.15, 0.2) is 12.2 Å². The van der Waals surface area contributed by atoms with E-state index in [4.69, 9.17) is 0 Å². The van der Waals surface area contributed by atoms with Crippen molar-refractivity contribution in [2.75, 3.05) is 0 Å². The molecular formula is C18H26. The van der Waals surface area contributed by atoms with Crippen LogP contribution in [-0.2, 0) is 0 Å². The Labute approximate surface area is 111 Å². The molecule has 0 heterocycles. The van der Waals surface area contributed by atoms with E-state index >= 15 is 0 Å². The number of rotatable bonds is 1. The normalized spacial score (nSPS) is 57.4. The van der Waals surface area contributed by atoms with Gasteiger partial charge in [0.1, 0.15) is 0 Å². The van der Waals surface area contributed by atoms with Crippen LogP contribution in [0.25, 0.3) is 0 Å². The topological polar surface area (TPSA) is 0 Å². The van der Waals surface area contributed by atoms with Crippen LogP contribution in [0.5, 0.6) is 0 Å². The molecule has 0 aromatic rings. The van der Waals surface area contributed by atoms with Crippen molar-refractivity contribution < 1.29 is 0 Å². The molecule has 0 saturated heterocycles. The van der Waals surface area contributed by atoms with Gasteiger partial charge in [0.05, 0.1) is 0 Å². The van der Waals surface area contributed by atoms with Crippen LogP contribution in [0.4, 0.5) is 0 Å². The van der Waals surface area contributed by atoms with Crippen molar-refractivity contribution >= 4 is 0 Å². The molecule has 0 nitrogen and oxygen atoms in total. The molecule has 18 heavy (non-hydrogen) atoms. The molecule has 6 aliphatic carbocycles. The monoisotopic (exact) mass is 242 g/mol. The second-order valence-electron chi connectivity index (χ2n) is 8.06. The van der Waals surface area contributed by atoms with E-state index in [1.807, 2.05) is 0 Å². The van der Waals surface area contributed by atoms with Gasteiger partial charge in [0.15, 0.2) is 0 Å². The Morgan fingerprint density at radius 1 is 0.611 bits per heavy atom. The standard InChI is InChI=1S/C18H26/c1-2-4-11(5-3-1)17-14-9-15-12-6-7-13(8-12)18(15)16(17)10-14/h6-7,11-18H,1-5,8-10H2. The third-order valence-corrected chi connectivity index (χ3v) is 7.57. The van der Waals surface area contributed by atoms with E-state index in [0.29, 0.717) is 0 Å². The fraction of sp³-hybridized carbons (Fsp3) is 0.889. The van der Waals surface area contributed by atoms with Crippen LogP contribution < -0.4 is 0 Å². The van der Waals surface area contributed by atoms with Crippen LogP contribution in [-0.4, -0.2) is 0 Å². The molecule has 0 spiro atoms. The van der Waals surface area contributed by atoms with E-state index in [1.54, 1.807) is 38.5 Å². The highest BCUT2D eigenvalue weighted by molar-refractivity contribution is 5.19. The summed E-state index contributed by atoms with van der Waals surface area (Å²) in [4.78, 5) is 0. The second kappa shape index (κ2) is 3.64. The molecule has 0 heteroatoms. The summed E-state index contributed by atoms with van der Waals surface area (Å²) in [5.41, 5.74) is 0. The first-order valence-corrected chi connectivity index (χ1v) is 8.60. The SMILES string of the molecule is C1=CC2CC1C1CC3CC(C3C3CCCCC3)C21. The minimum Gasteiger partial charge on any atom is -0.0848 e. The molecule has 5 fully saturated rings. The zero-order valence-corrected chi connectivity index (χ0v) is 11.4. The van der Waals surface area contributed by atoms with Gasteiger partial charge in [-0.3, -0.25) is 0 Å². The van der Waals surface area contributed by atoms with E-state index in [-0.39, 0.29) is 0 Å². The van der Waals surface area contributed by atoms with Gasteiger partial charge in [0.2, 0.25) is 0 Å². The summed E-state index contributed by atoms with van der Waals surface area (Å²) >= 11 is 0. The number of hydrogen-bond acceptors (Lipinski definition) is 0. The average Bonchev–Trinajstić information content (AvgIpc) is 3.01. The summed E-state index contributed by atoms with van der Waals surface area (Å²) in [5.74, 6) is 8.94. The molecule has 6 aliphatic rings. The molecule has 0 aromatic carbocycles. The Kier molecular flexibility index (Phi) is 2.13. The molecule has 0 N–H and O–H groups in total. The second-order valence-corrected chi connectivity index (χ2v) is 8.06. The summed E-state index contributed by atoms with van der Waals surface area (Å²) < 4.78 is 0. The highest BCUT2D eigenvalue weighted by Gasteiger charge is 2.60. The van der Waals surface area contributed by atoms with Gasteiger partial charge in [0.25, 0.3) is 0 Å². The highest BCUT2D eigenvalue weighted by Crippen LogP contribution is 2.68. The maximum Gasteiger partial charge on any atom is -0.0194 e. The maximum absolute atomic E-state index is 2.60. The zero-order chi connectivity index (χ0) is 11.7. The molecule has 0 aliphatic heterocycles. The zero-order valence-electron chi connectivity index (χ0n) is 11.4. The Morgan fingerprint density at radius 2 is 1.39 bits per heavy atom. The molecule has 7 atom stereocenters. The molecular weight excluding hydrogens is 216 g/mol. The lowest BCUT2D eigenvalue weighted by Crippen LogP contribution is -2.54. The van der Waals surface area contributed by atoms with Crippen LogP contribution in [0.3, 0.4) is 0 Å². The fourth-order valence-electron chi connectivity index (χ4n) is 7.02. The van der Waals surface area contributed by atoms with E-state index < -0.39 is 0 Å². The highest BCUT2D eigenvalue weighted by atomic mass is 14.7. The molecule has 0 amide bonds.